The molecule has 0 saturated heterocycles. The van der Waals surface area contributed by atoms with Crippen LogP contribution in [0.3, 0.4) is 0 Å². The number of nitrogens with zero attached hydrogens (tertiary/aromatic N) is 6. The van der Waals surface area contributed by atoms with Gasteiger partial charge in [-0.15, -0.1) is 5.10 Å². The van der Waals surface area contributed by atoms with Crippen molar-refractivity contribution in [1.82, 2.24) is 24.5 Å². The maximum absolute atomic E-state index is 13.7. The smallest absolute Gasteiger partial charge is 0.252 e. The highest BCUT2D eigenvalue weighted by Gasteiger charge is 2.32. The molecule has 2 aromatic heterocycles. The van der Waals surface area contributed by atoms with Crippen LogP contribution in [-0.4, -0.2) is 50.2 Å². The van der Waals surface area contributed by atoms with Crippen molar-refractivity contribution in [3.8, 4) is 0 Å². The van der Waals surface area contributed by atoms with Gasteiger partial charge in [-0.1, -0.05) is 47.7 Å². The normalized spacial score (nSPS) is 22.0. The number of benzene rings is 1. The maximum atomic E-state index is 13.7. The van der Waals surface area contributed by atoms with Gasteiger partial charge in [0.25, 0.3) is 5.91 Å². The Labute approximate surface area is 205 Å². The first-order valence-corrected chi connectivity index (χ1v) is 11.8. The summed E-state index contributed by atoms with van der Waals surface area (Å²) in [6, 6.07) is 7.66. The molecule has 0 N–H and O–H groups in total. The van der Waals surface area contributed by atoms with Crippen LogP contribution < -0.4 is 4.90 Å². The molecule has 0 fully saturated rings. The Morgan fingerprint density at radius 1 is 1.26 bits per heavy atom. The second kappa shape index (κ2) is 9.46. The average Bonchev–Trinajstić information content (AvgIpc) is 3.49. The third-order valence-corrected chi connectivity index (χ3v) is 6.57. The van der Waals surface area contributed by atoms with Crippen LogP contribution in [0.4, 0.5) is 5.69 Å². The van der Waals surface area contributed by atoms with E-state index in [2.05, 4.69) is 34.0 Å². The number of fused-ring (bicyclic) bond motifs is 1. The van der Waals surface area contributed by atoms with Crippen molar-refractivity contribution in [1.29, 1.82) is 0 Å². The molecule has 180 valence electrons. The van der Waals surface area contributed by atoms with Gasteiger partial charge in [0.15, 0.2) is 0 Å². The number of ether oxygens (including phenoxy) is 1. The lowest BCUT2D eigenvalue weighted by molar-refractivity contribution is -0.122. The van der Waals surface area contributed by atoms with Gasteiger partial charge in [0, 0.05) is 31.1 Å². The fourth-order valence-corrected chi connectivity index (χ4v) is 4.83. The van der Waals surface area contributed by atoms with E-state index in [0.29, 0.717) is 18.7 Å². The van der Waals surface area contributed by atoms with Crippen molar-refractivity contribution < 1.29 is 9.53 Å². The van der Waals surface area contributed by atoms with Crippen molar-refractivity contribution in [2.75, 3.05) is 18.6 Å². The molecule has 3 unspecified atom stereocenters. The average molecular weight is 471 g/mol. The minimum Gasteiger partial charge on any atom is -0.375 e. The number of allylic oxidation sites excluding steroid dienone is 2. The highest BCUT2D eigenvalue weighted by atomic mass is 16.5. The molecule has 8 nitrogen and oxygen atoms in total. The van der Waals surface area contributed by atoms with E-state index in [-0.39, 0.29) is 18.1 Å². The quantitative estimate of drug-likeness (QED) is 0.507. The number of anilines is 1. The molecule has 0 bridgehead atoms. The lowest BCUT2D eigenvalue weighted by Crippen LogP contribution is -2.37. The molecule has 5 rings (SSSR count). The first-order valence-electron chi connectivity index (χ1n) is 11.8. The summed E-state index contributed by atoms with van der Waals surface area (Å²) in [5.41, 5.74) is 5.63. The van der Waals surface area contributed by atoms with Crippen LogP contribution in [-0.2, 0) is 16.0 Å². The van der Waals surface area contributed by atoms with E-state index in [9.17, 15) is 4.79 Å². The molecule has 35 heavy (non-hydrogen) atoms. The zero-order valence-corrected chi connectivity index (χ0v) is 20.3. The summed E-state index contributed by atoms with van der Waals surface area (Å²) in [6.07, 6.45) is 13.1. The lowest BCUT2D eigenvalue weighted by Gasteiger charge is -2.26. The molecule has 0 radical (unpaired) electrons. The maximum Gasteiger partial charge on any atom is 0.252 e. The summed E-state index contributed by atoms with van der Waals surface area (Å²) in [4.78, 5) is 19.8. The number of methoxy groups -OCH3 is 1. The lowest BCUT2D eigenvalue weighted by atomic mass is 9.98. The second-order valence-corrected chi connectivity index (χ2v) is 9.28. The number of rotatable bonds is 6. The zero-order valence-electron chi connectivity index (χ0n) is 20.3. The van der Waals surface area contributed by atoms with E-state index in [1.54, 1.807) is 11.8 Å². The third kappa shape index (κ3) is 4.49. The summed E-state index contributed by atoms with van der Waals surface area (Å²) in [5, 5.41) is 8.80. The van der Waals surface area contributed by atoms with E-state index in [1.807, 2.05) is 72.4 Å². The first-order chi connectivity index (χ1) is 16.9. The highest BCUT2D eigenvalue weighted by Crippen LogP contribution is 2.33. The van der Waals surface area contributed by atoms with Crippen molar-refractivity contribution in [3.63, 3.8) is 0 Å². The van der Waals surface area contributed by atoms with Crippen LogP contribution in [0.25, 0.3) is 5.57 Å². The predicted molar refractivity (Wildman–Crippen MR) is 135 cm³/mol. The fraction of sp³-hybridized carbons (Fsp3) is 0.333. The summed E-state index contributed by atoms with van der Waals surface area (Å²) in [6.45, 7) is 8.42. The van der Waals surface area contributed by atoms with E-state index in [0.717, 1.165) is 34.5 Å². The predicted octanol–water partition coefficient (Wildman–Crippen LogP) is 4.09. The summed E-state index contributed by atoms with van der Waals surface area (Å²) < 4.78 is 9.51. The number of carbonyl (C=O) groups excluding carboxylic acids is 1. The Balaban J connectivity index is 1.41. The van der Waals surface area contributed by atoms with Crippen molar-refractivity contribution in [2.45, 2.75) is 44.9 Å². The van der Waals surface area contributed by atoms with Crippen LogP contribution in [0.2, 0.25) is 0 Å². The van der Waals surface area contributed by atoms with Gasteiger partial charge >= 0.3 is 0 Å². The van der Waals surface area contributed by atoms with Crippen LogP contribution in [0.1, 0.15) is 42.4 Å². The Morgan fingerprint density at radius 2 is 2.09 bits per heavy atom. The number of aromatic nitrogens is 5. The SMILES string of the molecule is C=C(C)CN1C(=O)C(n2cc(C3=CC(OC)C(n4cnc(C)c4)C=C3)nn2)CCc2ccccc21. The molecule has 3 aromatic rings. The third-order valence-electron chi connectivity index (χ3n) is 6.57. The Kier molecular flexibility index (Phi) is 6.21. The van der Waals surface area contributed by atoms with Crippen molar-refractivity contribution >= 4 is 17.2 Å². The number of imidazole rings is 1. The number of para-hydroxylation sites is 1. The Morgan fingerprint density at radius 3 is 2.83 bits per heavy atom. The van der Waals surface area contributed by atoms with Gasteiger partial charge in [0.05, 0.1) is 24.3 Å². The van der Waals surface area contributed by atoms with Gasteiger partial charge in [0.1, 0.15) is 17.8 Å². The van der Waals surface area contributed by atoms with Crippen molar-refractivity contribution in [2.24, 2.45) is 0 Å². The number of hydrogen-bond acceptors (Lipinski definition) is 5. The molecule has 1 aromatic carbocycles. The summed E-state index contributed by atoms with van der Waals surface area (Å²) >= 11 is 0. The molecule has 0 saturated carbocycles. The molecular formula is C27H30N6O2. The van der Waals surface area contributed by atoms with Gasteiger partial charge < -0.3 is 14.2 Å². The molecule has 8 heteroatoms. The number of amides is 1. The number of carbonyl (C=O) groups is 1. The molecule has 2 aliphatic rings. The minimum atomic E-state index is -0.434. The molecule has 3 atom stereocenters. The van der Waals surface area contributed by atoms with Crippen LogP contribution in [0.5, 0.6) is 0 Å². The highest BCUT2D eigenvalue weighted by molar-refractivity contribution is 5.98. The molecule has 1 aliphatic carbocycles. The fourth-order valence-electron chi connectivity index (χ4n) is 4.83. The monoisotopic (exact) mass is 470 g/mol. The van der Waals surface area contributed by atoms with E-state index < -0.39 is 6.04 Å². The zero-order chi connectivity index (χ0) is 24.5. The summed E-state index contributed by atoms with van der Waals surface area (Å²) in [5.74, 6) is 0.00729. The van der Waals surface area contributed by atoms with Crippen LogP contribution in [0.15, 0.2) is 73.4 Å². The number of hydrogen-bond donors (Lipinski definition) is 0. The summed E-state index contributed by atoms with van der Waals surface area (Å²) in [7, 11) is 1.70. The van der Waals surface area contributed by atoms with Gasteiger partial charge in [-0.25, -0.2) is 9.67 Å². The Hall–Kier alpha value is -3.78. The molecule has 3 heterocycles. The second-order valence-electron chi connectivity index (χ2n) is 9.28. The minimum absolute atomic E-state index is 0.00729. The molecule has 1 amide bonds. The molecular weight excluding hydrogens is 440 g/mol. The van der Waals surface area contributed by atoms with Gasteiger partial charge in [-0.3, -0.25) is 4.79 Å². The molecule has 1 aliphatic heterocycles. The number of aryl methyl sites for hydroxylation is 2. The van der Waals surface area contributed by atoms with Crippen LogP contribution in [0, 0.1) is 6.92 Å². The van der Waals surface area contributed by atoms with Crippen LogP contribution >= 0.6 is 0 Å². The molecule has 0 spiro atoms. The van der Waals surface area contributed by atoms with Gasteiger partial charge in [-0.2, -0.15) is 0 Å². The van der Waals surface area contributed by atoms with Gasteiger partial charge in [0.2, 0.25) is 0 Å². The van der Waals surface area contributed by atoms with Crippen molar-refractivity contribution in [3.05, 3.63) is 90.3 Å². The van der Waals surface area contributed by atoms with E-state index in [1.165, 1.54) is 0 Å². The Bertz CT molecular complexity index is 1320. The van der Waals surface area contributed by atoms with E-state index in [4.69, 9.17) is 4.74 Å². The first kappa shape index (κ1) is 23.0. The van der Waals surface area contributed by atoms with Gasteiger partial charge in [-0.05, 0) is 44.4 Å². The largest absolute Gasteiger partial charge is 0.375 e. The van der Waals surface area contributed by atoms with E-state index >= 15 is 0 Å². The standard InChI is InChI=1S/C27H30N6O2/c1-18(2)14-32-23-8-6-5-7-20(23)9-12-25(27(32)34)33-16-22(29-30-33)21-10-11-24(26(13-21)35-4)31-15-19(3)28-17-31/h5-8,10-11,13,15-17,24-26H,1,9,12,14H2,2-4H3. The topological polar surface area (TPSA) is 78.1 Å².